The molecule has 0 aliphatic heterocycles. The number of halogens is 1. The highest BCUT2D eigenvalue weighted by Gasteiger charge is 2.06. The molecule has 2 rings (SSSR count). The maximum absolute atomic E-state index is 10.6. The maximum Gasteiger partial charge on any atom is 0.231 e. The number of nitrogens with two attached hydrogens (primary N) is 1. The van der Waals surface area contributed by atoms with Gasteiger partial charge in [0.05, 0.1) is 12.2 Å². The smallest absolute Gasteiger partial charge is 0.231 e. The largest absolute Gasteiger partial charge is 0.369 e. The highest BCUT2D eigenvalue weighted by molar-refractivity contribution is 6.30. The number of nitrogens with zero attached hydrogens (tertiary/aromatic N) is 1. The Morgan fingerprint density at radius 3 is 2.78 bits per heavy atom. The van der Waals surface area contributed by atoms with Crippen LogP contribution in [0.5, 0.6) is 0 Å². The number of nitrogens with one attached hydrogen (secondary N) is 1. The topological polar surface area (TPSA) is 81.2 Å². The Balaban J connectivity index is 2.01. The van der Waals surface area contributed by atoms with Gasteiger partial charge in [0.15, 0.2) is 5.76 Å². The number of hydrogen-bond donors (Lipinski definition) is 2. The number of amides is 1. The van der Waals surface area contributed by atoms with E-state index in [2.05, 4.69) is 10.5 Å². The van der Waals surface area contributed by atoms with Crippen molar-refractivity contribution in [1.82, 2.24) is 10.5 Å². The quantitative estimate of drug-likeness (QED) is 0.860. The van der Waals surface area contributed by atoms with E-state index in [1.807, 2.05) is 12.1 Å². The molecule has 18 heavy (non-hydrogen) atoms. The van der Waals surface area contributed by atoms with Gasteiger partial charge in [-0.25, -0.2) is 0 Å². The second-order valence-corrected chi connectivity index (χ2v) is 4.20. The van der Waals surface area contributed by atoms with Gasteiger partial charge >= 0.3 is 0 Å². The lowest BCUT2D eigenvalue weighted by Gasteiger charge is -1.96. The van der Waals surface area contributed by atoms with Gasteiger partial charge in [0.1, 0.15) is 0 Å². The van der Waals surface area contributed by atoms with E-state index >= 15 is 0 Å². The van der Waals surface area contributed by atoms with Crippen molar-refractivity contribution in [3.63, 3.8) is 0 Å². The van der Waals surface area contributed by atoms with Gasteiger partial charge < -0.3 is 15.6 Å². The number of hydrogen-bond acceptors (Lipinski definition) is 4. The lowest BCUT2D eigenvalue weighted by Crippen LogP contribution is -2.28. The molecule has 0 saturated heterocycles. The number of aromatic nitrogens is 1. The molecule has 0 aliphatic rings. The van der Waals surface area contributed by atoms with E-state index in [0.29, 0.717) is 23.0 Å². The summed E-state index contributed by atoms with van der Waals surface area (Å²) in [5, 5.41) is 7.41. The summed E-state index contributed by atoms with van der Waals surface area (Å²) in [5.41, 5.74) is 6.62. The summed E-state index contributed by atoms with van der Waals surface area (Å²) < 4.78 is 5.20. The normalized spacial score (nSPS) is 10.5. The molecule has 1 heterocycles. The van der Waals surface area contributed by atoms with Crippen LogP contribution >= 0.6 is 11.6 Å². The van der Waals surface area contributed by atoms with Crippen molar-refractivity contribution in [2.45, 2.75) is 6.54 Å². The molecule has 0 radical (unpaired) electrons. The number of carbonyl (C=O) groups is 1. The molecule has 0 unspecified atom stereocenters. The van der Waals surface area contributed by atoms with Crippen molar-refractivity contribution in [2.75, 3.05) is 6.54 Å². The number of primary amides is 1. The predicted octanol–water partition coefficient (Wildman–Crippen LogP) is 1.57. The van der Waals surface area contributed by atoms with Gasteiger partial charge in [-0.3, -0.25) is 4.79 Å². The average molecular weight is 266 g/mol. The standard InChI is InChI=1S/C12H12ClN3O2/c13-9-3-1-8(2-4-9)11-5-10(16-18-11)6-15-7-12(14)17/h1-5,15H,6-7H2,(H2,14,17). The molecule has 1 aromatic carbocycles. The van der Waals surface area contributed by atoms with Gasteiger partial charge in [0, 0.05) is 23.2 Å². The molecule has 1 aromatic heterocycles. The summed E-state index contributed by atoms with van der Waals surface area (Å²) in [5.74, 6) is 0.249. The predicted molar refractivity (Wildman–Crippen MR) is 67.9 cm³/mol. The minimum Gasteiger partial charge on any atom is -0.369 e. The zero-order chi connectivity index (χ0) is 13.0. The molecular weight excluding hydrogens is 254 g/mol. The van der Waals surface area contributed by atoms with Gasteiger partial charge in [0.2, 0.25) is 5.91 Å². The van der Waals surface area contributed by atoms with Crippen molar-refractivity contribution in [3.8, 4) is 11.3 Å². The Kier molecular flexibility index (Phi) is 3.96. The first kappa shape index (κ1) is 12.6. The van der Waals surface area contributed by atoms with E-state index in [0.717, 1.165) is 5.56 Å². The van der Waals surface area contributed by atoms with Crippen LogP contribution in [-0.4, -0.2) is 17.6 Å². The molecule has 94 valence electrons. The fourth-order valence-electron chi connectivity index (χ4n) is 1.46. The van der Waals surface area contributed by atoms with Gasteiger partial charge in [0.25, 0.3) is 0 Å². The van der Waals surface area contributed by atoms with Crippen LogP contribution in [0.25, 0.3) is 11.3 Å². The lowest BCUT2D eigenvalue weighted by atomic mass is 10.1. The summed E-state index contributed by atoms with van der Waals surface area (Å²) in [6, 6.07) is 9.07. The third kappa shape index (κ3) is 3.32. The number of carbonyl (C=O) groups excluding carboxylic acids is 1. The third-order valence-corrected chi connectivity index (χ3v) is 2.55. The van der Waals surface area contributed by atoms with E-state index in [1.54, 1.807) is 18.2 Å². The second-order valence-electron chi connectivity index (χ2n) is 3.76. The molecule has 0 fully saturated rings. The summed E-state index contributed by atoms with van der Waals surface area (Å²) in [7, 11) is 0. The first-order chi connectivity index (χ1) is 8.65. The highest BCUT2D eigenvalue weighted by atomic mass is 35.5. The van der Waals surface area contributed by atoms with Crippen LogP contribution in [0.1, 0.15) is 5.69 Å². The zero-order valence-corrected chi connectivity index (χ0v) is 10.3. The molecule has 6 heteroatoms. The fraction of sp³-hybridized carbons (Fsp3) is 0.167. The van der Waals surface area contributed by atoms with Gasteiger partial charge in [-0.05, 0) is 24.3 Å². The monoisotopic (exact) mass is 265 g/mol. The van der Waals surface area contributed by atoms with Crippen LogP contribution in [0.4, 0.5) is 0 Å². The van der Waals surface area contributed by atoms with Gasteiger partial charge in [-0.1, -0.05) is 16.8 Å². The van der Waals surface area contributed by atoms with E-state index < -0.39 is 5.91 Å². The van der Waals surface area contributed by atoms with E-state index in [1.165, 1.54) is 0 Å². The van der Waals surface area contributed by atoms with E-state index in [4.69, 9.17) is 21.9 Å². The molecular formula is C12H12ClN3O2. The third-order valence-electron chi connectivity index (χ3n) is 2.29. The highest BCUT2D eigenvalue weighted by Crippen LogP contribution is 2.22. The number of rotatable bonds is 5. The Hall–Kier alpha value is -1.85. The summed E-state index contributed by atoms with van der Waals surface area (Å²) in [4.78, 5) is 10.6. The van der Waals surface area contributed by atoms with Crippen molar-refractivity contribution in [2.24, 2.45) is 5.73 Å². The molecule has 0 saturated carbocycles. The van der Waals surface area contributed by atoms with Crippen LogP contribution in [0.3, 0.4) is 0 Å². The number of benzene rings is 1. The zero-order valence-electron chi connectivity index (χ0n) is 9.52. The molecule has 0 aliphatic carbocycles. The fourth-order valence-corrected chi connectivity index (χ4v) is 1.59. The second kappa shape index (κ2) is 5.66. The first-order valence-corrected chi connectivity index (χ1v) is 5.73. The summed E-state index contributed by atoms with van der Waals surface area (Å²) in [6.07, 6.45) is 0. The molecule has 2 aromatic rings. The Labute approximate surface area is 109 Å². The van der Waals surface area contributed by atoms with Crippen LogP contribution in [0.15, 0.2) is 34.9 Å². The Bertz CT molecular complexity index is 537. The lowest BCUT2D eigenvalue weighted by molar-refractivity contribution is -0.117. The molecule has 0 atom stereocenters. The minimum absolute atomic E-state index is 0.114. The molecule has 0 spiro atoms. The summed E-state index contributed by atoms with van der Waals surface area (Å²) in [6.45, 7) is 0.545. The SMILES string of the molecule is NC(=O)CNCc1cc(-c2ccc(Cl)cc2)on1. The van der Waals surface area contributed by atoms with Crippen molar-refractivity contribution in [3.05, 3.63) is 41.0 Å². The molecule has 5 nitrogen and oxygen atoms in total. The average Bonchev–Trinajstić information content (AvgIpc) is 2.78. The Morgan fingerprint density at radius 1 is 1.39 bits per heavy atom. The van der Waals surface area contributed by atoms with Crippen molar-refractivity contribution in [1.29, 1.82) is 0 Å². The van der Waals surface area contributed by atoms with E-state index in [9.17, 15) is 4.79 Å². The van der Waals surface area contributed by atoms with Gasteiger partial charge in [-0.2, -0.15) is 0 Å². The van der Waals surface area contributed by atoms with Crippen molar-refractivity contribution < 1.29 is 9.32 Å². The molecule has 1 amide bonds. The van der Waals surface area contributed by atoms with Gasteiger partial charge in [-0.15, -0.1) is 0 Å². The van der Waals surface area contributed by atoms with Crippen LogP contribution in [0, 0.1) is 0 Å². The maximum atomic E-state index is 10.6. The molecule has 3 N–H and O–H groups in total. The van der Waals surface area contributed by atoms with Crippen LogP contribution in [0.2, 0.25) is 5.02 Å². The minimum atomic E-state index is -0.406. The van der Waals surface area contributed by atoms with Crippen molar-refractivity contribution >= 4 is 17.5 Å². The van der Waals surface area contributed by atoms with E-state index in [-0.39, 0.29) is 6.54 Å². The summed E-state index contributed by atoms with van der Waals surface area (Å²) >= 11 is 5.80. The van der Waals surface area contributed by atoms with Crippen LogP contribution < -0.4 is 11.1 Å². The first-order valence-electron chi connectivity index (χ1n) is 5.36. The van der Waals surface area contributed by atoms with Crippen LogP contribution in [-0.2, 0) is 11.3 Å². The molecule has 0 bridgehead atoms. The Morgan fingerprint density at radius 2 is 2.11 bits per heavy atom.